The first-order valence-electron chi connectivity index (χ1n) is 10.2. The molecule has 9 heteroatoms. The van der Waals surface area contributed by atoms with Crippen LogP contribution in [0.4, 0.5) is 0 Å². The van der Waals surface area contributed by atoms with Crippen LogP contribution in [0.2, 0.25) is 10.0 Å². The standard InChI is InChI=1S/C25H20Cl2N2O5/c1-33-19-8-6-16(11-20(19)34-2)23(30)21-22(15-5-7-17(26)18(27)10-15)29(25(32)24(21)31)13-14-4-3-9-28-12-14/h3-12,22,30H,13H2,1-2H3/t22-/m0/s1. The molecular formula is C25H20Cl2N2O5. The van der Waals surface area contributed by atoms with E-state index in [9.17, 15) is 14.7 Å². The Morgan fingerprint density at radius 2 is 1.79 bits per heavy atom. The molecule has 1 N–H and O–H groups in total. The number of Topliss-reactive ketones (excluding diaryl/α,β-unsaturated/α-hetero) is 1. The van der Waals surface area contributed by atoms with Crippen LogP contribution >= 0.6 is 23.2 Å². The van der Waals surface area contributed by atoms with Gasteiger partial charge >= 0.3 is 0 Å². The number of methoxy groups -OCH3 is 2. The number of carbonyl (C=O) groups is 2. The molecule has 3 aromatic rings. The van der Waals surface area contributed by atoms with E-state index in [1.807, 2.05) is 0 Å². The summed E-state index contributed by atoms with van der Waals surface area (Å²) in [4.78, 5) is 31.8. The number of ether oxygens (including phenoxy) is 2. The number of hydrogen-bond acceptors (Lipinski definition) is 6. The summed E-state index contributed by atoms with van der Waals surface area (Å²) >= 11 is 12.3. The molecule has 0 radical (unpaired) electrons. The maximum atomic E-state index is 13.2. The fraction of sp³-hybridized carbons (Fsp3) is 0.160. The van der Waals surface area contributed by atoms with Gasteiger partial charge in [0.2, 0.25) is 0 Å². The molecule has 2 heterocycles. The molecule has 1 atom stereocenters. The third kappa shape index (κ3) is 4.32. The van der Waals surface area contributed by atoms with E-state index in [2.05, 4.69) is 4.98 Å². The summed E-state index contributed by atoms with van der Waals surface area (Å²) in [5, 5.41) is 11.8. The molecule has 7 nitrogen and oxygen atoms in total. The van der Waals surface area contributed by atoms with Crippen molar-refractivity contribution in [3.05, 3.63) is 93.2 Å². The van der Waals surface area contributed by atoms with Crippen LogP contribution in [0.25, 0.3) is 5.76 Å². The molecule has 0 unspecified atom stereocenters. The fourth-order valence-electron chi connectivity index (χ4n) is 3.90. The van der Waals surface area contributed by atoms with Crippen LogP contribution in [0, 0.1) is 0 Å². The van der Waals surface area contributed by atoms with Gasteiger partial charge in [-0.05, 0) is 47.5 Å². The monoisotopic (exact) mass is 498 g/mol. The number of aliphatic hydroxyl groups is 1. The Kier molecular flexibility index (Phi) is 6.77. The molecule has 4 rings (SSSR count). The number of aromatic nitrogens is 1. The Balaban J connectivity index is 1.89. The fourth-order valence-corrected chi connectivity index (χ4v) is 4.21. The quantitative estimate of drug-likeness (QED) is 0.291. The number of hydrogen-bond donors (Lipinski definition) is 1. The van der Waals surface area contributed by atoms with Crippen LogP contribution in [-0.2, 0) is 16.1 Å². The van der Waals surface area contributed by atoms with E-state index in [4.69, 9.17) is 32.7 Å². The van der Waals surface area contributed by atoms with Crippen molar-refractivity contribution in [3.63, 3.8) is 0 Å². The molecule has 2 aromatic carbocycles. The van der Waals surface area contributed by atoms with Gasteiger partial charge in [-0.2, -0.15) is 0 Å². The molecule has 0 bridgehead atoms. The third-order valence-corrected chi connectivity index (χ3v) is 6.27. The average molecular weight is 499 g/mol. The van der Waals surface area contributed by atoms with Crippen LogP contribution in [0.1, 0.15) is 22.7 Å². The third-order valence-electron chi connectivity index (χ3n) is 5.53. The van der Waals surface area contributed by atoms with Crippen LogP contribution < -0.4 is 9.47 Å². The van der Waals surface area contributed by atoms with E-state index in [0.717, 1.165) is 5.56 Å². The van der Waals surface area contributed by atoms with Crippen molar-refractivity contribution < 1.29 is 24.2 Å². The minimum absolute atomic E-state index is 0.0699. The van der Waals surface area contributed by atoms with Gasteiger partial charge in [-0.3, -0.25) is 14.6 Å². The van der Waals surface area contributed by atoms with Crippen molar-refractivity contribution in [3.8, 4) is 11.5 Å². The zero-order valence-electron chi connectivity index (χ0n) is 18.3. The van der Waals surface area contributed by atoms with Crippen molar-refractivity contribution in [2.75, 3.05) is 14.2 Å². The summed E-state index contributed by atoms with van der Waals surface area (Å²) < 4.78 is 10.6. The van der Waals surface area contributed by atoms with E-state index >= 15 is 0 Å². The summed E-state index contributed by atoms with van der Waals surface area (Å²) in [6, 6.07) is 12.2. The Hall–Kier alpha value is -3.55. The van der Waals surface area contributed by atoms with Crippen molar-refractivity contribution >= 4 is 40.7 Å². The molecule has 0 aliphatic carbocycles. The van der Waals surface area contributed by atoms with E-state index in [1.54, 1.807) is 54.9 Å². The van der Waals surface area contributed by atoms with Gasteiger partial charge in [0, 0.05) is 24.5 Å². The van der Waals surface area contributed by atoms with Gasteiger partial charge in [-0.25, -0.2) is 0 Å². The number of rotatable bonds is 6. The molecule has 174 valence electrons. The summed E-state index contributed by atoms with van der Waals surface area (Å²) in [6.07, 6.45) is 3.23. The highest BCUT2D eigenvalue weighted by Gasteiger charge is 2.46. The molecular weight excluding hydrogens is 479 g/mol. The van der Waals surface area contributed by atoms with Gasteiger partial charge in [0.25, 0.3) is 11.7 Å². The van der Waals surface area contributed by atoms with Crippen LogP contribution in [0.5, 0.6) is 11.5 Å². The SMILES string of the molecule is COc1ccc(C(O)=C2C(=O)C(=O)N(Cc3cccnc3)[C@H]2c2ccc(Cl)c(Cl)c2)cc1OC. The first kappa shape index (κ1) is 23.6. The van der Waals surface area contributed by atoms with E-state index < -0.39 is 17.7 Å². The maximum absolute atomic E-state index is 13.2. The molecule has 1 aliphatic heterocycles. The molecule has 1 aromatic heterocycles. The molecule has 1 amide bonds. The van der Waals surface area contributed by atoms with Crippen LogP contribution in [0.15, 0.2) is 66.5 Å². The predicted octanol–water partition coefficient (Wildman–Crippen LogP) is 5.03. The number of carbonyl (C=O) groups excluding carboxylic acids is 2. The minimum Gasteiger partial charge on any atom is -0.507 e. The van der Waals surface area contributed by atoms with Crippen molar-refractivity contribution in [1.29, 1.82) is 0 Å². The second-order valence-corrected chi connectivity index (χ2v) is 8.35. The Bertz CT molecular complexity index is 1290. The highest BCUT2D eigenvalue weighted by atomic mass is 35.5. The van der Waals surface area contributed by atoms with E-state index in [-0.39, 0.29) is 22.9 Å². The van der Waals surface area contributed by atoms with Gasteiger partial charge in [0.1, 0.15) is 5.76 Å². The highest BCUT2D eigenvalue weighted by Crippen LogP contribution is 2.42. The van der Waals surface area contributed by atoms with Gasteiger partial charge in [-0.15, -0.1) is 0 Å². The molecule has 0 saturated carbocycles. The van der Waals surface area contributed by atoms with Crippen molar-refractivity contribution in [1.82, 2.24) is 9.88 Å². The van der Waals surface area contributed by atoms with Gasteiger partial charge in [-0.1, -0.05) is 35.3 Å². The lowest BCUT2D eigenvalue weighted by Gasteiger charge is -2.25. The van der Waals surface area contributed by atoms with Gasteiger partial charge in [0.15, 0.2) is 11.5 Å². The second kappa shape index (κ2) is 9.75. The largest absolute Gasteiger partial charge is 0.507 e. The lowest BCUT2D eigenvalue weighted by atomic mass is 9.95. The number of pyridine rings is 1. The van der Waals surface area contributed by atoms with Gasteiger partial charge < -0.3 is 19.5 Å². The number of benzene rings is 2. The Morgan fingerprint density at radius 1 is 1.03 bits per heavy atom. The summed E-state index contributed by atoms with van der Waals surface area (Å²) in [5.41, 5.74) is 1.47. The van der Waals surface area contributed by atoms with Gasteiger partial charge in [0.05, 0.1) is 35.9 Å². The lowest BCUT2D eigenvalue weighted by molar-refractivity contribution is -0.140. The van der Waals surface area contributed by atoms with E-state index in [0.29, 0.717) is 27.6 Å². The minimum atomic E-state index is -0.900. The van der Waals surface area contributed by atoms with Crippen LogP contribution in [0.3, 0.4) is 0 Å². The molecule has 1 saturated heterocycles. The first-order chi connectivity index (χ1) is 16.3. The Morgan fingerprint density at radius 3 is 2.44 bits per heavy atom. The average Bonchev–Trinajstić information content (AvgIpc) is 3.10. The van der Waals surface area contributed by atoms with Crippen molar-refractivity contribution in [2.45, 2.75) is 12.6 Å². The zero-order chi connectivity index (χ0) is 24.4. The Labute approximate surface area is 206 Å². The zero-order valence-corrected chi connectivity index (χ0v) is 19.8. The summed E-state index contributed by atoms with van der Waals surface area (Å²) in [7, 11) is 2.95. The number of nitrogens with zero attached hydrogens (tertiary/aromatic N) is 2. The number of ketones is 1. The molecule has 34 heavy (non-hydrogen) atoms. The first-order valence-corrected chi connectivity index (χ1v) is 11.0. The summed E-state index contributed by atoms with van der Waals surface area (Å²) in [5.74, 6) is -1.09. The van der Waals surface area contributed by atoms with Crippen LogP contribution in [-0.4, -0.2) is 40.9 Å². The molecule has 1 aliphatic rings. The van der Waals surface area contributed by atoms with Crippen molar-refractivity contribution in [2.24, 2.45) is 0 Å². The molecule has 1 fully saturated rings. The smallest absolute Gasteiger partial charge is 0.295 e. The number of halogens is 2. The number of likely N-dealkylation sites (tertiary alicyclic amines) is 1. The maximum Gasteiger partial charge on any atom is 0.295 e. The second-order valence-electron chi connectivity index (χ2n) is 7.53. The predicted molar refractivity (Wildman–Crippen MR) is 128 cm³/mol. The lowest BCUT2D eigenvalue weighted by Crippen LogP contribution is -2.29. The number of amides is 1. The summed E-state index contributed by atoms with van der Waals surface area (Å²) in [6.45, 7) is 0.103. The highest BCUT2D eigenvalue weighted by molar-refractivity contribution is 6.46. The topological polar surface area (TPSA) is 89.0 Å². The molecule has 0 spiro atoms. The number of aliphatic hydroxyl groups excluding tert-OH is 1. The van der Waals surface area contributed by atoms with E-state index in [1.165, 1.54) is 25.2 Å². The normalized spacial score (nSPS) is 17.2.